The highest BCUT2D eigenvalue weighted by atomic mass is 35.5. The summed E-state index contributed by atoms with van der Waals surface area (Å²) >= 11 is 6.67. The molecule has 0 unspecified atom stereocenters. The quantitative estimate of drug-likeness (QED) is 0.784. The summed E-state index contributed by atoms with van der Waals surface area (Å²) in [5.41, 5.74) is 2.58. The molecule has 2 N–H and O–H groups in total. The summed E-state index contributed by atoms with van der Waals surface area (Å²) in [5, 5.41) is 4.61. The molecule has 1 rings (SSSR count). The molecule has 5 nitrogen and oxygen atoms in total. The number of aromatic nitrogens is 1. The molecular weight excluding hydrogens is 238 g/mol. The Morgan fingerprint density at radius 1 is 1.60 bits per heavy atom. The van der Waals surface area contributed by atoms with Gasteiger partial charge in [0.05, 0.1) is 17.7 Å². The van der Waals surface area contributed by atoms with Gasteiger partial charge in [-0.1, -0.05) is 0 Å². The van der Waals surface area contributed by atoms with Crippen molar-refractivity contribution < 1.29 is 9.59 Å². The van der Waals surface area contributed by atoms with Crippen molar-refractivity contribution in [1.29, 1.82) is 0 Å². The van der Waals surface area contributed by atoms with Gasteiger partial charge in [0.1, 0.15) is 5.88 Å². The first kappa shape index (κ1) is 11.9. The van der Waals surface area contributed by atoms with E-state index in [1.165, 1.54) is 11.3 Å². The fourth-order valence-corrected chi connectivity index (χ4v) is 1.64. The predicted molar refractivity (Wildman–Crippen MR) is 57.9 cm³/mol. The highest BCUT2D eigenvalue weighted by Gasteiger charge is 2.07. The van der Waals surface area contributed by atoms with Crippen LogP contribution in [0.2, 0.25) is 0 Å². The zero-order valence-electron chi connectivity index (χ0n) is 8.04. The van der Waals surface area contributed by atoms with Gasteiger partial charge in [-0.25, -0.2) is 9.78 Å². The number of nitrogens with one attached hydrogen (secondary N) is 2. The zero-order chi connectivity index (χ0) is 11.3. The zero-order valence-corrected chi connectivity index (χ0v) is 9.61. The molecule has 0 spiro atoms. The van der Waals surface area contributed by atoms with Gasteiger partial charge in [-0.05, 0) is 6.92 Å². The van der Waals surface area contributed by atoms with E-state index in [1.807, 2.05) is 6.92 Å². The molecule has 1 aromatic heterocycles. The number of nitrogens with zero attached hydrogens (tertiary/aromatic N) is 1. The maximum Gasteiger partial charge on any atom is 0.321 e. The van der Waals surface area contributed by atoms with Crippen molar-refractivity contribution in [3.8, 4) is 0 Å². The van der Waals surface area contributed by atoms with E-state index in [1.54, 1.807) is 5.51 Å². The molecule has 7 heteroatoms. The lowest BCUT2D eigenvalue weighted by Crippen LogP contribution is -2.39. The number of rotatable bonds is 3. The van der Waals surface area contributed by atoms with Crippen molar-refractivity contribution in [2.75, 3.05) is 5.88 Å². The molecule has 0 saturated heterocycles. The van der Waals surface area contributed by atoms with Gasteiger partial charge in [-0.2, -0.15) is 0 Å². The van der Waals surface area contributed by atoms with Crippen molar-refractivity contribution in [2.24, 2.45) is 0 Å². The Morgan fingerprint density at radius 2 is 2.33 bits per heavy atom. The van der Waals surface area contributed by atoms with Gasteiger partial charge in [-0.3, -0.25) is 10.1 Å². The van der Waals surface area contributed by atoms with Crippen molar-refractivity contribution in [1.82, 2.24) is 15.6 Å². The Bertz CT molecular complexity index is 367. The molecule has 0 bridgehead atoms. The van der Waals surface area contributed by atoms with Gasteiger partial charge < -0.3 is 5.32 Å². The van der Waals surface area contributed by atoms with E-state index >= 15 is 0 Å². The molecule has 82 valence electrons. The number of urea groups is 1. The Kier molecular flexibility index (Phi) is 4.51. The largest absolute Gasteiger partial charge is 0.333 e. The molecule has 1 aromatic rings. The first-order valence-corrected chi connectivity index (χ1v) is 5.57. The number of hydrogen-bond donors (Lipinski definition) is 2. The lowest BCUT2D eigenvalue weighted by atomic mass is 10.4. The summed E-state index contributed by atoms with van der Waals surface area (Å²) < 4.78 is 0. The number of aryl methyl sites for hydroxylation is 1. The minimum Gasteiger partial charge on any atom is -0.333 e. The van der Waals surface area contributed by atoms with Gasteiger partial charge in [0, 0.05) is 4.88 Å². The molecular formula is C8H10ClN3O2S. The van der Waals surface area contributed by atoms with Gasteiger partial charge in [0.2, 0.25) is 5.91 Å². The van der Waals surface area contributed by atoms with E-state index < -0.39 is 11.9 Å². The Balaban J connectivity index is 2.35. The van der Waals surface area contributed by atoms with Crippen LogP contribution >= 0.6 is 22.9 Å². The average Bonchev–Trinajstić information content (AvgIpc) is 2.61. The number of hydrogen-bond acceptors (Lipinski definition) is 4. The van der Waals surface area contributed by atoms with Crippen LogP contribution in [0.4, 0.5) is 4.79 Å². The van der Waals surface area contributed by atoms with Crippen molar-refractivity contribution in [3.05, 3.63) is 16.1 Å². The van der Waals surface area contributed by atoms with Gasteiger partial charge >= 0.3 is 6.03 Å². The van der Waals surface area contributed by atoms with Crippen LogP contribution < -0.4 is 10.6 Å². The maximum absolute atomic E-state index is 11.1. The SMILES string of the molecule is Cc1ncsc1CNC(=O)NC(=O)CCl. The van der Waals surface area contributed by atoms with Crippen molar-refractivity contribution >= 4 is 34.9 Å². The Hall–Kier alpha value is -1.14. The van der Waals surface area contributed by atoms with Crippen LogP contribution in [0.3, 0.4) is 0 Å². The van der Waals surface area contributed by atoms with E-state index in [9.17, 15) is 9.59 Å². The average molecular weight is 248 g/mol. The van der Waals surface area contributed by atoms with Crippen molar-refractivity contribution in [3.63, 3.8) is 0 Å². The fraction of sp³-hybridized carbons (Fsp3) is 0.375. The second-order valence-corrected chi connectivity index (χ2v) is 3.93. The molecule has 0 aromatic carbocycles. The molecule has 0 aliphatic rings. The van der Waals surface area contributed by atoms with E-state index in [-0.39, 0.29) is 5.88 Å². The number of carbonyl (C=O) groups excluding carboxylic acids is 2. The number of carbonyl (C=O) groups is 2. The molecule has 0 aliphatic heterocycles. The lowest BCUT2D eigenvalue weighted by molar-refractivity contribution is -0.117. The number of thiazole rings is 1. The highest BCUT2D eigenvalue weighted by molar-refractivity contribution is 7.09. The molecule has 0 radical (unpaired) electrons. The van der Waals surface area contributed by atoms with E-state index in [0.717, 1.165) is 10.6 Å². The maximum atomic E-state index is 11.1. The first-order chi connectivity index (χ1) is 7.13. The Morgan fingerprint density at radius 3 is 2.87 bits per heavy atom. The minimum absolute atomic E-state index is 0.229. The third-order valence-corrected chi connectivity index (χ3v) is 2.81. The number of imide groups is 1. The first-order valence-electron chi connectivity index (χ1n) is 4.16. The number of halogens is 1. The standard InChI is InChI=1S/C8H10ClN3O2S/c1-5-6(15-4-11-5)3-10-8(14)12-7(13)2-9/h4H,2-3H2,1H3,(H2,10,12,13,14). The molecule has 0 fully saturated rings. The van der Waals surface area contributed by atoms with Gasteiger partial charge in [0.25, 0.3) is 0 Å². The third-order valence-electron chi connectivity index (χ3n) is 1.63. The minimum atomic E-state index is -0.548. The smallest absolute Gasteiger partial charge is 0.321 e. The highest BCUT2D eigenvalue weighted by Crippen LogP contribution is 2.10. The molecule has 0 atom stereocenters. The summed E-state index contributed by atoms with van der Waals surface area (Å²) in [6.07, 6.45) is 0. The molecule has 15 heavy (non-hydrogen) atoms. The van der Waals surface area contributed by atoms with Crippen LogP contribution in [0.25, 0.3) is 0 Å². The normalized spacial score (nSPS) is 9.73. The van der Waals surface area contributed by atoms with Gasteiger partial charge in [-0.15, -0.1) is 22.9 Å². The van der Waals surface area contributed by atoms with Crippen LogP contribution in [0, 0.1) is 6.92 Å². The summed E-state index contributed by atoms with van der Waals surface area (Å²) in [6, 6.07) is -0.548. The monoisotopic (exact) mass is 247 g/mol. The van der Waals surface area contributed by atoms with E-state index in [2.05, 4.69) is 15.6 Å². The van der Waals surface area contributed by atoms with Crippen molar-refractivity contribution in [2.45, 2.75) is 13.5 Å². The summed E-state index contributed by atoms with van der Waals surface area (Å²) in [4.78, 5) is 26.8. The summed E-state index contributed by atoms with van der Waals surface area (Å²) in [6.45, 7) is 2.22. The second-order valence-electron chi connectivity index (χ2n) is 2.73. The van der Waals surface area contributed by atoms with E-state index in [4.69, 9.17) is 11.6 Å². The number of amides is 3. The van der Waals surface area contributed by atoms with Crippen LogP contribution in [-0.2, 0) is 11.3 Å². The fourth-order valence-electron chi connectivity index (χ4n) is 0.861. The van der Waals surface area contributed by atoms with Crippen LogP contribution in [0.5, 0.6) is 0 Å². The topological polar surface area (TPSA) is 71.1 Å². The molecule has 3 amide bonds. The van der Waals surface area contributed by atoms with Crippen LogP contribution in [0.15, 0.2) is 5.51 Å². The molecule has 1 heterocycles. The third kappa shape index (κ3) is 3.85. The van der Waals surface area contributed by atoms with Gasteiger partial charge in [0.15, 0.2) is 0 Å². The number of alkyl halides is 1. The molecule has 0 aliphatic carbocycles. The van der Waals surface area contributed by atoms with E-state index in [0.29, 0.717) is 6.54 Å². The summed E-state index contributed by atoms with van der Waals surface area (Å²) in [7, 11) is 0. The van der Waals surface area contributed by atoms with Crippen LogP contribution in [0.1, 0.15) is 10.6 Å². The second kappa shape index (κ2) is 5.67. The Labute approximate surface area is 95.8 Å². The van der Waals surface area contributed by atoms with Crippen LogP contribution in [-0.4, -0.2) is 22.8 Å². The predicted octanol–water partition coefficient (Wildman–Crippen LogP) is 1.02. The molecule has 0 saturated carbocycles. The summed E-state index contributed by atoms with van der Waals surface area (Å²) in [5.74, 6) is -0.748. The lowest BCUT2D eigenvalue weighted by Gasteiger charge is -2.04.